The Morgan fingerprint density at radius 3 is 2.15 bits per heavy atom. The number of hydrogen-bond acceptors (Lipinski definition) is 6. The van der Waals surface area contributed by atoms with Gasteiger partial charge in [0.2, 0.25) is 17.6 Å². The number of hydrogen-bond donors (Lipinski definition) is 0. The first kappa shape index (κ1) is 22.9. The molecule has 2 aliphatic heterocycles. The summed E-state index contributed by atoms with van der Waals surface area (Å²) in [5.41, 5.74) is 1.91. The van der Waals surface area contributed by atoms with Crippen molar-refractivity contribution >= 4 is 17.5 Å². The summed E-state index contributed by atoms with van der Waals surface area (Å²) >= 11 is 0. The van der Waals surface area contributed by atoms with Crippen LogP contribution < -0.4 is 19.1 Å². The molecule has 0 unspecified atom stereocenters. The predicted molar refractivity (Wildman–Crippen MR) is 125 cm³/mol. The fourth-order valence-corrected chi connectivity index (χ4v) is 4.57. The van der Waals surface area contributed by atoms with Gasteiger partial charge in [-0.3, -0.25) is 14.5 Å². The molecule has 176 valence electrons. The van der Waals surface area contributed by atoms with Crippen LogP contribution in [-0.2, 0) is 16.1 Å². The maximum absolute atomic E-state index is 13.2. The molecule has 0 bridgehead atoms. The Morgan fingerprint density at radius 1 is 0.939 bits per heavy atom. The van der Waals surface area contributed by atoms with Gasteiger partial charge in [0, 0.05) is 57.8 Å². The first-order valence-corrected chi connectivity index (χ1v) is 11.2. The minimum atomic E-state index is -0.350. The molecule has 2 fully saturated rings. The van der Waals surface area contributed by atoms with Gasteiger partial charge in [0.1, 0.15) is 0 Å². The van der Waals surface area contributed by atoms with E-state index in [4.69, 9.17) is 14.2 Å². The fourth-order valence-electron chi connectivity index (χ4n) is 4.57. The summed E-state index contributed by atoms with van der Waals surface area (Å²) in [6.45, 7) is 4.26. The summed E-state index contributed by atoms with van der Waals surface area (Å²) in [5, 5.41) is 0. The van der Waals surface area contributed by atoms with E-state index in [1.165, 1.54) is 26.9 Å². The minimum absolute atomic E-state index is 0.0534. The zero-order chi connectivity index (χ0) is 23.4. The van der Waals surface area contributed by atoms with Gasteiger partial charge < -0.3 is 24.0 Å². The number of methoxy groups -OCH3 is 3. The number of nitrogens with zero attached hydrogens (tertiary/aromatic N) is 3. The maximum Gasteiger partial charge on any atom is 0.228 e. The minimum Gasteiger partial charge on any atom is -0.493 e. The monoisotopic (exact) mass is 453 g/mol. The number of ether oxygens (including phenoxy) is 3. The number of rotatable bonds is 7. The molecule has 8 heteroatoms. The Morgan fingerprint density at radius 2 is 1.58 bits per heavy atom. The molecule has 0 saturated carbocycles. The molecule has 8 nitrogen and oxygen atoms in total. The van der Waals surface area contributed by atoms with Crippen molar-refractivity contribution in [2.45, 2.75) is 13.0 Å². The van der Waals surface area contributed by atoms with Crippen LogP contribution in [-0.4, -0.2) is 75.7 Å². The molecule has 2 heterocycles. The molecule has 33 heavy (non-hydrogen) atoms. The zero-order valence-electron chi connectivity index (χ0n) is 19.5. The fraction of sp³-hybridized carbons (Fsp3) is 0.440. The van der Waals surface area contributed by atoms with Crippen LogP contribution >= 0.6 is 0 Å². The quantitative estimate of drug-likeness (QED) is 0.641. The number of carbonyl (C=O) groups is 2. The lowest BCUT2D eigenvalue weighted by Gasteiger charge is -2.36. The second-order valence-electron chi connectivity index (χ2n) is 8.38. The normalized spacial score (nSPS) is 19.0. The summed E-state index contributed by atoms with van der Waals surface area (Å²) in [6.07, 6.45) is 0.208. The van der Waals surface area contributed by atoms with Crippen LogP contribution in [0.1, 0.15) is 12.0 Å². The topological polar surface area (TPSA) is 71.6 Å². The first-order chi connectivity index (χ1) is 16.0. The zero-order valence-corrected chi connectivity index (χ0v) is 19.5. The molecule has 0 aromatic heterocycles. The molecule has 0 spiro atoms. The Balaban J connectivity index is 1.39. The van der Waals surface area contributed by atoms with Crippen molar-refractivity contribution in [3.63, 3.8) is 0 Å². The summed E-state index contributed by atoms with van der Waals surface area (Å²) in [7, 11) is 4.61. The molecule has 1 atom stereocenters. The SMILES string of the molecule is COc1cc(N2C[C@@H](C(=O)N3CCN(Cc4ccccc4)CC3)CC2=O)cc(OC)c1OC. The molecule has 0 radical (unpaired) electrons. The van der Waals surface area contributed by atoms with Crippen LogP contribution in [0.15, 0.2) is 42.5 Å². The molecule has 2 amide bonds. The second kappa shape index (κ2) is 10.1. The van der Waals surface area contributed by atoms with E-state index in [1.807, 2.05) is 23.1 Å². The van der Waals surface area contributed by atoms with Gasteiger partial charge in [-0.25, -0.2) is 0 Å². The number of amides is 2. The van der Waals surface area contributed by atoms with Crippen LogP contribution in [0.5, 0.6) is 17.2 Å². The molecule has 0 N–H and O–H groups in total. The third-order valence-electron chi connectivity index (χ3n) is 6.37. The van der Waals surface area contributed by atoms with Crippen molar-refractivity contribution in [1.29, 1.82) is 0 Å². The van der Waals surface area contributed by atoms with Gasteiger partial charge in [0.15, 0.2) is 11.5 Å². The third kappa shape index (κ3) is 4.90. The lowest BCUT2D eigenvalue weighted by Crippen LogP contribution is -2.50. The van der Waals surface area contributed by atoms with Gasteiger partial charge in [-0.15, -0.1) is 0 Å². The third-order valence-corrected chi connectivity index (χ3v) is 6.37. The van der Waals surface area contributed by atoms with E-state index in [0.717, 1.165) is 19.6 Å². The van der Waals surface area contributed by atoms with Crippen molar-refractivity contribution in [1.82, 2.24) is 9.80 Å². The molecule has 2 saturated heterocycles. The highest BCUT2D eigenvalue weighted by Gasteiger charge is 2.38. The number of anilines is 1. The molecular weight excluding hydrogens is 422 g/mol. The van der Waals surface area contributed by atoms with Crippen molar-refractivity contribution in [3.8, 4) is 17.2 Å². The van der Waals surface area contributed by atoms with Gasteiger partial charge in [-0.05, 0) is 5.56 Å². The Kier molecular flexibility index (Phi) is 7.03. The predicted octanol–water partition coefficient (Wildman–Crippen LogP) is 2.41. The Bertz CT molecular complexity index is 964. The van der Waals surface area contributed by atoms with E-state index >= 15 is 0 Å². The van der Waals surface area contributed by atoms with Crippen LogP contribution in [0.3, 0.4) is 0 Å². The molecule has 2 aromatic rings. The van der Waals surface area contributed by atoms with Gasteiger partial charge in [0.05, 0.1) is 32.9 Å². The van der Waals surface area contributed by atoms with Crippen LogP contribution in [0, 0.1) is 5.92 Å². The summed E-state index contributed by atoms with van der Waals surface area (Å²) in [6, 6.07) is 13.9. The van der Waals surface area contributed by atoms with Crippen LogP contribution in [0.25, 0.3) is 0 Å². The van der Waals surface area contributed by atoms with Crippen molar-refractivity contribution in [2.24, 2.45) is 5.92 Å². The average Bonchev–Trinajstić information content (AvgIpc) is 3.25. The van der Waals surface area contributed by atoms with Gasteiger partial charge >= 0.3 is 0 Å². The number of carbonyl (C=O) groups excluding carboxylic acids is 2. The van der Waals surface area contributed by atoms with Crippen molar-refractivity contribution in [2.75, 3.05) is 59.0 Å². The van der Waals surface area contributed by atoms with E-state index in [9.17, 15) is 9.59 Å². The molecule has 4 rings (SSSR count). The van der Waals surface area contributed by atoms with E-state index in [0.29, 0.717) is 42.6 Å². The lowest BCUT2D eigenvalue weighted by molar-refractivity contribution is -0.137. The Labute approximate surface area is 194 Å². The smallest absolute Gasteiger partial charge is 0.228 e. The van der Waals surface area contributed by atoms with E-state index < -0.39 is 0 Å². The standard InChI is InChI=1S/C25H31N3O5/c1-31-21-14-20(15-22(32-2)24(21)33-3)28-17-19(13-23(28)29)25(30)27-11-9-26(10-12-27)16-18-7-5-4-6-8-18/h4-8,14-15,19H,9-13,16-17H2,1-3H3/t19-/m0/s1. The first-order valence-electron chi connectivity index (χ1n) is 11.2. The number of benzene rings is 2. The summed E-state index contributed by atoms with van der Waals surface area (Å²) in [4.78, 5) is 31.9. The summed E-state index contributed by atoms with van der Waals surface area (Å²) in [5.74, 6) is 1.05. The van der Waals surface area contributed by atoms with E-state index in [1.54, 1.807) is 17.0 Å². The molecule has 2 aliphatic rings. The number of piperazine rings is 1. The molecular formula is C25H31N3O5. The van der Waals surface area contributed by atoms with Gasteiger partial charge in [0.25, 0.3) is 0 Å². The van der Waals surface area contributed by atoms with Gasteiger partial charge in [-0.2, -0.15) is 0 Å². The van der Waals surface area contributed by atoms with Crippen molar-refractivity contribution < 1.29 is 23.8 Å². The van der Waals surface area contributed by atoms with Gasteiger partial charge in [-0.1, -0.05) is 30.3 Å². The highest BCUT2D eigenvalue weighted by atomic mass is 16.5. The largest absolute Gasteiger partial charge is 0.493 e. The second-order valence-corrected chi connectivity index (χ2v) is 8.38. The van der Waals surface area contributed by atoms with E-state index in [2.05, 4.69) is 17.0 Å². The maximum atomic E-state index is 13.2. The summed E-state index contributed by atoms with van der Waals surface area (Å²) < 4.78 is 16.2. The molecule has 0 aliphatic carbocycles. The van der Waals surface area contributed by atoms with E-state index in [-0.39, 0.29) is 24.2 Å². The Hall–Kier alpha value is -3.26. The molecule has 2 aromatic carbocycles. The van der Waals surface area contributed by atoms with Crippen LogP contribution in [0.4, 0.5) is 5.69 Å². The highest BCUT2D eigenvalue weighted by molar-refractivity contribution is 6.00. The highest BCUT2D eigenvalue weighted by Crippen LogP contribution is 2.42. The average molecular weight is 454 g/mol. The lowest BCUT2D eigenvalue weighted by atomic mass is 10.1. The van der Waals surface area contributed by atoms with Crippen molar-refractivity contribution in [3.05, 3.63) is 48.0 Å². The van der Waals surface area contributed by atoms with Crippen LogP contribution in [0.2, 0.25) is 0 Å².